The summed E-state index contributed by atoms with van der Waals surface area (Å²) in [5, 5.41) is 0. The normalized spacial score (nSPS) is 31.0. The van der Waals surface area contributed by atoms with Crippen molar-refractivity contribution in [3.05, 3.63) is 57.6 Å². The van der Waals surface area contributed by atoms with E-state index in [2.05, 4.69) is 84.9 Å². The first-order valence-corrected chi connectivity index (χ1v) is 12.1. The molecular weight excluding hydrogens is 422 g/mol. The van der Waals surface area contributed by atoms with Crippen LogP contribution in [0.25, 0.3) is 0 Å². The molecule has 0 aromatic heterocycles. The van der Waals surface area contributed by atoms with E-state index in [-0.39, 0.29) is 5.60 Å². The first-order valence-electron chi connectivity index (χ1n) is 11.3. The number of hydrogen-bond acceptors (Lipinski definition) is 2. The molecule has 2 aliphatic carbocycles. The fourth-order valence-corrected chi connectivity index (χ4v) is 6.35. The van der Waals surface area contributed by atoms with Gasteiger partial charge >= 0.3 is 0 Å². The van der Waals surface area contributed by atoms with E-state index in [0.717, 1.165) is 26.1 Å². The fourth-order valence-electron chi connectivity index (χ4n) is 5.54. The van der Waals surface area contributed by atoms with E-state index in [0.29, 0.717) is 17.4 Å². The highest BCUT2D eigenvalue weighted by Crippen LogP contribution is 2.54. The Kier molecular flexibility index (Phi) is 6.12. The lowest BCUT2D eigenvalue weighted by molar-refractivity contribution is -0.109. The van der Waals surface area contributed by atoms with Crippen molar-refractivity contribution >= 4 is 15.9 Å². The molecule has 158 valence electrons. The number of hydrogen-bond donors (Lipinski definition) is 0. The maximum absolute atomic E-state index is 6.49. The average Bonchev–Trinajstić information content (AvgIpc) is 2.97. The molecular formula is C26H36BrNO. The Morgan fingerprint density at radius 2 is 1.90 bits per heavy atom. The van der Waals surface area contributed by atoms with E-state index < -0.39 is 0 Å². The molecule has 1 fully saturated rings. The van der Waals surface area contributed by atoms with Crippen LogP contribution in [0.1, 0.15) is 65.4 Å². The Morgan fingerprint density at radius 3 is 2.59 bits per heavy atom. The lowest BCUT2D eigenvalue weighted by atomic mass is 9.68. The van der Waals surface area contributed by atoms with E-state index in [1.807, 2.05) is 0 Å². The van der Waals surface area contributed by atoms with Crippen molar-refractivity contribution in [1.82, 2.24) is 4.90 Å². The second-order valence-corrected chi connectivity index (χ2v) is 11.4. The van der Waals surface area contributed by atoms with Gasteiger partial charge in [0.05, 0.1) is 11.7 Å². The topological polar surface area (TPSA) is 12.5 Å². The Labute approximate surface area is 185 Å². The molecule has 0 N–H and O–H groups in total. The molecule has 0 spiro atoms. The third-order valence-corrected chi connectivity index (χ3v) is 7.89. The Morgan fingerprint density at radius 1 is 1.14 bits per heavy atom. The highest BCUT2D eigenvalue weighted by Gasteiger charge is 2.49. The summed E-state index contributed by atoms with van der Waals surface area (Å²) in [6.07, 6.45) is 9.10. The number of allylic oxidation sites excluding steroid dienone is 2. The molecule has 3 heteroatoms. The summed E-state index contributed by atoms with van der Waals surface area (Å²) in [4.78, 5) is 2.55. The van der Waals surface area contributed by atoms with Crippen LogP contribution < -0.4 is 0 Å². The highest BCUT2D eigenvalue weighted by atomic mass is 79.9. The largest absolute Gasteiger partial charge is 0.372 e. The Hall–Kier alpha value is -0.900. The van der Waals surface area contributed by atoms with Gasteiger partial charge < -0.3 is 4.74 Å². The summed E-state index contributed by atoms with van der Waals surface area (Å²) >= 11 is 3.95. The van der Waals surface area contributed by atoms with Gasteiger partial charge in [-0.1, -0.05) is 59.3 Å². The number of benzene rings is 1. The Balaban J connectivity index is 1.45. The molecule has 1 aromatic carbocycles. The molecule has 0 amide bonds. The van der Waals surface area contributed by atoms with Gasteiger partial charge in [-0.3, -0.25) is 4.90 Å². The van der Waals surface area contributed by atoms with Crippen molar-refractivity contribution in [2.45, 2.75) is 78.0 Å². The van der Waals surface area contributed by atoms with Gasteiger partial charge in [-0.15, -0.1) is 0 Å². The maximum Gasteiger partial charge on any atom is 0.0641 e. The van der Waals surface area contributed by atoms with Gasteiger partial charge in [-0.25, -0.2) is 0 Å². The van der Waals surface area contributed by atoms with Crippen LogP contribution in [0.5, 0.6) is 0 Å². The standard InChI is InChI=1S/C26H36BrNO/c1-25(2,3)29-24-11-10-21-16-20(12-14-26(21,24)4)22-13-15-28(18-23(22)27)17-19-8-6-5-7-9-19/h5-9,16,21,24H,10-15,17-18H2,1-4H3/t21-,24+,26+/m1/s1. The second kappa shape index (κ2) is 8.32. The third-order valence-electron chi connectivity index (χ3n) is 7.16. The van der Waals surface area contributed by atoms with Crippen molar-refractivity contribution in [3.8, 4) is 0 Å². The van der Waals surface area contributed by atoms with Gasteiger partial charge in [-0.05, 0) is 75.5 Å². The maximum atomic E-state index is 6.49. The van der Waals surface area contributed by atoms with E-state index in [4.69, 9.17) is 4.74 Å². The number of halogens is 1. The summed E-state index contributed by atoms with van der Waals surface area (Å²) in [6, 6.07) is 10.8. The van der Waals surface area contributed by atoms with Crippen LogP contribution in [0.4, 0.5) is 0 Å². The van der Waals surface area contributed by atoms with Crippen molar-refractivity contribution in [3.63, 3.8) is 0 Å². The van der Waals surface area contributed by atoms with Crippen LogP contribution in [0.3, 0.4) is 0 Å². The number of ether oxygens (including phenoxy) is 1. The average molecular weight is 458 g/mol. The molecule has 0 radical (unpaired) electrons. The van der Waals surface area contributed by atoms with Crippen molar-refractivity contribution < 1.29 is 4.74 Å². The molecule has 4 rings (SSSR count). The molecule has 1 aliphatic heterocycles. The fraction of sp³-hybridized carbons (Fsp3) is 0.615. The van der Waals surface area contributed by atoms with Crippen molar-refractivity contribution in [2.75, 3.05) is 13.1 Å². The lowest BCUT2D eigenvalue weighted by Gasteiger charge is -2.42. The molecule has 0 saturated heterocycles. The summed E-state index contributed by atoms with van der Waals surface area (Å²) in [5.74, 6) is 0.661. The van der Waals surface area contributed by atoms with Crippen LogP contribution in [0, 0.1) is 11.3 Å². The molecule has 0 bridgehead atoms. The van der Waals surface area contributed by atoms with Crippen LogP contribution in [0.2, 0.25) is 0 Å². The first kappa shape index (κ1) is 21.3. The molecule has 3 atom stereocenters. The van der Waals surface area contributed by atoms with Gasteiger partial charge in [0, 0.05) is 29.5 Å². The van der Waals surface area contributed by atoms with Crippen LogP contribution in [0.15, 0.2) is 52.0 Å². The molecule has 0 unspecified atom stereocenters. The van der Waals surface area contributed by atoms with E-state index in [1.54, 1.807) is 11.1 Å². The predicted octanol–water partition coefficient (Wildman–Crippen LogP) is 6.86. The minimum Gasteiger partial charge on any atom is -0.372 e. The third kappa shape index (κ3) is 4.73. The van der Waals surface area contributed by atoms with Gasteiger partial charge in [0.1, 0.15) is 0 Å². The predicted molar refractivity (Wildman–Crippen MR) is 125 cm³/mol. The van der Waals surface area contributed by atoms with E-state index >= 15 is 0 Å². The van der Waals surface area contributed by atoms with Gasteiger partial charge in [0.2, 0.25) is 0 Å². The zero-order valence-corrected chi connectivity index (χ0v) is 20.1. The number of nitrogens with zero attached hydrogens (tertiary/aromatic N) is 1. The SMILES string of the molecule is CC(C)(C)O[C@H]1CC[C@@H]2C=C(C3=C(Br)CN(Cc4ccccc4)CC3)CC[C@]12C. The summed E-state index contributed by atoms with van der Waals surface area (Å²) in [5.41, 5.74) is 4.84. The number of fused-ring (bicyclic) bond motifs is 1. The first-order chi connectivity index (χ1) is 13.7. The lowest BCUT2D eigenvalue weighted by Crippen LogP contribution is -2.40. The van der Waals surface area contributed by atoms with Gasteiger partial charge in [0.15, 0.2) is 0 Å². The smallest absolute Gasteiger partial charge is 0.0641 e. The quantitative estimate of drug-likeness (QED) is 0.489. The van der Waals surface area contributed by atoms with Crippen LogP contribution in [-0.4, -0.2) is 29.7 Å². The van der Waals surface area contributed by atoms with Gasteiger partial charge in [0.25, 0.3) is 0 Å². The van der Waals surface area contributed by atoms with E-state index in [9.17, 15) is 0 Å². The summed E-state index contributed by atoms with van der Waals surface area (Å²) in [7, 11) is 0. The van der Waals surface area contributed by atoms with Gasteiger partial charge in [-0.2, -0.15) is 0 Å². The van der Waals surface area contributed by atoms with E-state index in [1.165, 1.54) is 35.7 Å². The minimum atomic E-state index is -0.0519. The minimum absolute atomic E-state index is 0.0519. The monoisotopic (exact) mass is 457 g/mol. The zero-order chi connectivity index (χ0) is 20.6. The molecule has 29 heavy (non-hydrogen) atoms. The van der Waals surface area contributed by atoms with Crippen LogP contribution in [-0.2, 0) is 11.3 Å². The molecule has 3 aliphatic rings. The molecule has 1 saturated carbocycles. The van der Waals surface area contributed by atoms with Crippen molar-refractivity contribution in [2.24, 2.45) is 11.3 Å². The number of rotatable bonds is 4. The molecule has 1 heterocycles. The molecule has 1 aromatic rings. The highest BCUT2D eigenvalue weighted by molar-refractivity contribution is 9.11. The summed E-state index contributed by atoms with van der Waals surface area (Å²) < 4.78 is 7.88. The second-order valence-electron chi connectivity index (χ2n) is 10.4. The van der Waals surface area contributed by atoms with Crippen molar-refractivity contribution in [1.29, 1.82) is 0 Å². The molecule has 2 nitrogen and oxygen atoms in total. The van der Waals surface area contributed by atoms with Crippen LogP contribution >= 0.6 is 15.9 Å². The zero-order valence-electron chi connectivity index (χ0n) is 18.5. The Bertz CT molecular complexity index is 791. The summed E-state index contributed by atoms with van der Waals surface area (Å²) in [6.45, 7) is 12.3.